The highest BCUT2D eigenvalue weighted by atomic mass is 32.1. The number of nitrogens with zero attached hydrogens (tertiary/aromatic N) is 2. The van der Waals surface area contributed by atoms with E-state index in [2.05, 4.69) is 24.1 Å². The third-order valence-electron chi connectivity index (χ3n) is 3.34. The molecule has 0 aliphatic heterocycles. The van der Waals surface area contributed by atoms with Gasteiger partial charge in [-0.05, 0) is 20.3 Å². The zero-order chi connectivity index (χ0) is 15.0. The molecule has 0 aliphatic rings. The second kappa shape index (κ2) is 9.08. The molecule has 0 aliphatic carbocycles. The first-order chi connectivity index (χ1) is 9.58. The van der Waals surface area contributed by atoms with Crippen molar-refractivity contribution in [2.45, 2.75) is 66.0 Å². The number of nitrogens with one attached hydrogen (secondary N) is 1. The van der Waals surface area contributed by atoms with Crippen molar-refractivity contribution in [1.29, 1.82) is 0 Å². The molecule has 1 rings (SSSR count). The van der Waals surface area contributed by atoms with Gasteiger partial charge >= 0.3 is 0 Å². The fourth-order valence-corrected chi connectivity index (χ4v) is 3.01. The van der Waals surface area contributed by atoms with Crippen LogP contribution in [0, 0.1) is 0 Å². The number of hydrogen-bond donors (Lipinski definition) is 1. The van der Waals surface area contributed by atoms with Gasteiger partial charge in [-0.25, -0.2) is 4.98 Å². The van der Waals surface area contributed by atoms with E-state index in [1.807, 2.05) is 12.3 Å². The molecule has 20 heavy (non-hydrogen) atoms. The van der Waals surface area contributed by atoms with Crippen molar-refractivity contribution < 1.29 is 4.79 Å². The SMILES string of the molecule is CCCCCC(C)NCc1csc(N(CC)C(C)=O)n1. The maximum atomic E-state index is 11.5. The number of aromatic nitrogens is 1. The smallest absolute Gasteiger partial charge is 0.225 e. The molecule has 1 aromatic rings. The summed E-state index contributed by atoms with van der Waals surface area (Å²) in [4.78, 5) is 17.7. The maximum Gasteiger partial charge on any atom is 0.225 e. The first-order valence-corrected chi connectivity index (χ1v) is 8.42. The van der Waals surface area contributed by atoms with Gasteiger partial charge in [-0.15, -0.1) is 11.3 Å². The fraction of sp³-hybridized carbons (Fsp3) is 0.733. The molecule has 1 aromatic heterocycles. The van der Waals surface area contributed by atoms with Crippen LogP contribution in [0.5, 0.6) is 0 Å². The fourth-order valence-electron chi connectivity index (χ4n) is 2.08. The minimum atomic E-state index is 0.0503. The molecule has 1 amide bonds. The number of hydrogen-bond acceptors (Lipinski definition) is 4. The molecule has 114 valence electrons. The van der Waals surface area contributed by atoms with Gasteiger partial charge in [-0.1, -0.05) is 26.2 Å². The van der Waals surface area contributed by atoms with E-state index in [0.29, 0.717) is 12.6 Å². The van der Waals surface area contributed by atoms with Crippen molar-refractivity contribution in [3.63, 3.8) is 0 Å². The summed E-state index contributed by atoms with van der Waals surface area (Å²) in [5.41, 5.74) is 1.02. The Morgan fingerprint density at radius 3 is 2.80 bits per heavy atom. The Morgan fingerprint density at radius 1 is 1.45 bits per heavy atom. The number of unbranched alkanes of at least 4 members (excludes halogenated alkanes) is 2. The molecular weight excluding hydrogens is 270 g/mol. The van der Waals surface area contributed by atoms with Crippen LogP contribution in [0.15, 0.2) is 5.38 Å². The predicted octanol–water partition coefficient (Wildman–Crippen LogP) is 3.57. The van der Waals surface area contributed by atoms with Crippen LogP contribution in [0.25, 0.3) is 0 Å². The van der Waals surface area contributed by atoms with Gasteiger partial charge < -0.3 is 5.32 Å². The van der Waals surface area contributed by atoms with Crippen LogP contribution in [-0.2, 0) is 11.3 Å². The summed E-state index contributed by atoms with van der Waals surface area (Å²) in [5.74, 6) is 0.0503. The van der Waals surface area contributed by atoms with Gasteiger partial charge in [-0.3, -0.25) is 9.69 Å². The predicted molar refractivity (Wildman–Crippen MR) is 86.3 cm³/mol. The van der Waals surface area contributed by atoms with Crippen molar-refractivity contribution in [3.05, 3.63) is 11.1 Å². The number of thiazole rings is 1. The van der Waals surface area contributed by atoms with E-state index in [-0.39, 0.29) is 5.91 Å². The lowest BCUT2D eigenvalue weighted by Gasteiger charge is -2.15. The number of carbonyl (C=O) groups is 1. The number of anilines is 1. The van der Waals surface area contributed by atoms with Crippen LogP contribution in [0.1, 0.15) is 59.1 Å². The largest absolute Gasteiger partial charge is 0.309 e. The zero-order valence-electron chi connectivity index (χ0n) is 13.1. The van der Waals surface area contributed by atoms with E-state index in [4.69, 9.17) is 0 Å². The lowest BCUT2D eigenvalue weighted by Crippen LogP contribution is -2.28. The molecule has 0 saturated heterocycles. The van der Waals surface area contributed by atoms with Crippen LogP contribution in [0.4, 0.5) is 5.13 Å². The summed E-state index contributed by atoms with van der Waals surface area (Å²) in [6, 6.07) is 0.516. The Labute approximate surface area is 126 Å². The van der Waals surface area contributed by atoms with E-state index in [1.165, 1.54) is 37.0 Å². The van der Waals surface area contributed by atoms with Gasteiger partial charge in [0.05, 0.1) is 5.69 Å². The molecule has 0 aromatic carbocycles. The van der Waals surface area contributed by atoms with Crippen LogP contribution < -0.4 is 10.2 Å². The second-order valence-electron chi connectivity index (χ2n) is 5.16. The third-order valence-corrected chi connectivity index (χ3v) is 4.25. The third kappa shape index (κ3) is 5.59. The Hall–Kier alpha value is -0.940. The first kappa shape index (κ1) is 17.1. The Balaban J connectivity index is 2.42. The Morgan fingerprint density at radius 2 is 2.20 bits per heavy atom. The minimum Gasteiger partial charge on any atom is -0.309 e. The quantitative estimate of drug-likeness (QED) is 0.709. The standard InChI is InChI=1S/C15H27N3OS/c1-5-7-8-9-12(3)16-10-14-11-20-15(17-14)18(6-2)13(4)19/h11-12,16H,5-10H2,1-4H3. The monoisotopic (exact) mass is 297 g/mol. The van der Waals surface area contributed by atoms with Gasteiger partial charge in [-0.2, -0.15) is 0 Å². The van der Waals surface area contributed by atoms with Crippen LogP contribution >= 0.6 is 11.3 Å². The van der Waals surface area contributed by atoms with Crippen LogP contribution in [0.3, 0.4) is 0 Å². The molecule has 0 bridgehead atoms. The summed E-state index contributed by atoms with van der Waals surface area (Å²) >= 11 is 1.54. The van der Waals surface area contributed by atoms with Gasteiger partial charge in [0.2, 0.25) is 5.91 Å². The normalized spacial score (nSPS) is 12.4. The van der Waals surface area contributed by atoms with Crippen molar-refractivity contribution >= 4 is 22.4 Å². The molecule has 1 atom stereocenters. The minimum absolute atomic E-state index is 0.0503. The highest BCUT2D eigenvalue weighted by molar-refractivity contribution is 7.14. The van der Waals surface area contributed by atoms with E-state index in [0.717, 1.165) is 17.4 Å². The molecule has 1 heterocycles. The van der Waals surface area contributed by atoms with Gasteiger partial charge in [0.25, 0.3) is 0 Å². The highest BCUT2D eigenvalue weighted by Crippen LogP contribution is 2.20. The molecule has 4 nitrogen and oxygen atoms in total. The highest BCUT2D eigenvalue weighted by Gasteiger charge is 2.13. The molecule has 0 spiro atoms. The van der Waals surface area contributed by atoms with E-state index in [9.17, 15) is 4.79 Å². The topological polar surface area (TPSA) is 45.2 Å². The summed E-state index contributed by atoms with van der Waals surface area (Å²) in [6.07, 6.45) is 5.05. The molecular formula is C15H27N3OS. The Kier molecular flexibility index (Phi) is 7.77. The number of amides is 1. The molecule has 1 N–H and O–H groups in total. The van der Waals surface area contributed by atoms with Crippen molar-refractivity contribution in [1.82, 2.24) is 10.3 Å². The van der Waals surface area contributed by atoms with Crippen LogP contribution in [0.2, 0.25) is 0 Å². The second-order valence-corrected chi connectivity index (χ2v) is 6.00. The van der Waals surface area contributed by atoms with Crippen molar-refractivity contribution in [2.75, 3.05) is 11.4 Å². The number of carbonyl (C=O) groups excluding carboxylic acids is 1. The van der Waals surface area contributed by atoms with Gasteiger partial charge in [0.15, 0.2) is 5.13 Å². The molecule has 5 heteroatoms. The van der Waals surface area contributed by atoms with E-state index >= 15 is 0 Å². The van der Waals surface area contributed by atoms with E-state index in [1.54, 1.807) is 11.8 Å². The summed E-state index contributed by atoms with van der Waals surface area (Å²) < 4.78 is 0. The first-order valence-electron chi connectivity index (χ1n) is 7.54. The molecule has 0 saturated carbocycles. The number of rotatable bonds is 9. The van der Waals surface area contributed by atoms with Crippen LogP contribution in [-0.4, -0.2) is 23.5 Å². The summed E-state index contributed by atoms with van der Waals surface area (Å²) in [5, 5.41) is 6.33. The van der Waals surface area contributed by atoms with Crippen molar-refractivity contribution in [3.8, 4) is 0 Å². The molecule has 0 radical (unpaired) electrons. The summed E-state index contributed by atoms with van der Waals surface area (Å²) in [6.45, 7) is 9.44. The molecule has 0 fully saturated rings. The van der Waals surface area contributed by atoms with Crippen molar-refractivity contribution in [2.24, 2.45) is 0 Å². The van der Waals surface area contributed by atoms with Gasteiger partial charge in [0, 0.05) is 31.4 Å². The molecule has 1 unspecified atom stereocenters. The van der Waals surface area contributed by atoms with Gasteiger partial charge in [0.1, 0.15) is 0 Å². The maximum absolute atomic E-state index is 11.5. The average Bonchev–Trinajstić information content (AvgIpc) is 2.86. The zero-order valence-corrected chi connectivity index (χ0v) is 13.9. The average molecular weight is 297 g/mol. The summed E-state index contributed by atoms with van der Waals surface area (Å²) in [7, 11) is 0. The lowest BCUT2D eigenvalue weighted by atomic mass is 10.1. The Bertz CT molecular complexity index is 406. The lowest BCUT2D eigenvalue weighted by molar-refractivity contribution is -0.116. The van der Waals surface area contributed by atoms with E-state index < -0.39 is 0 Å².